The van der Waals surface area contributed by atoms with Gasteiger partial charge >= 0.3 is 0 Å². The van der Waals surface area contributed by atoms with Gasteiger partial charge in [-0.3, -0.25) is 4.79 Å². The third kappa shape index (κ3) is 3.47. The van der Waals surface area contributed by atoms with Crippen LogP contribution in [0.3, 0.4) is 0 Å². The van der Waals surface area contributed by atoms with Gasteiger partial charge in [-0.1, -0.05) is 23.7 Å². The zero-order chi connectivity index (χ0) is 16.3. The second-order valence-corrected chi connectivity index (χ2v) is 6.46. The fraction of sp³-hybridized carbons (Fsp3) is 0.588. The van der Waals surface area contributed by atoms with Gasteiger partial charge in [0.15, 0.2) is 6.61 Å². The molecule has 1 spiro atoms. The molecule has 3 rings (SSSR count). The first-order valence-electron chi connectivity index (χ1n) is 7.96. The number of ether oxygens (including phenoxy) is 3. The molecule has 1 aromatic rings. The minimum atomic E-state index is -0.213. The number of amides is 1. The number of carbonyl (C=O) groups is 1. The lowest BCUT2D eigenvalue weighted by molar-refractivity contribution is -0.159. The Hall–Kier alpha value is -1.30. The summed E-state index contributed by atoms with van der Waals surface area (Å²) in [6, 6.07) is 7.15. The first kappa shape index (κ1) is 16.6. The number of para-hydroxylation sites is 1. The number of nitrogens with zero attached hydrogens (tertiary/aromatic N) is 1. The van der Waals surface area contributed by atoms with Crippen LogP contribution in [0.2, 0.25) is 5.02 Å². The van der Waals surface area contributed by atoms with Crippen molar-refractivity contribution in [1.82, 2.24) is 4.90 Å². The van der Waals surface area contributed by atoms with E-state index in [1.165, 1.54) is 0 Å². The number of halogens is 1. The Kier molecular flexibility index (Phi) is 5.09. The van der Waals surface area contributed by atoms with E-state index >= 15 is 0 Å². The maximum absolute atomic E-state index is 12.4. The molecule has 0 radical (unpaired) electrons. The third-order valence-corrected chi connectivity index (χ3v) is 5.05. The first-order valence-corrected chi connectivity index (χ1v) is 8.34. The summed E-state index contributed by atoms with van der Waals surface area (Å²) >= 11 is 6.03. The second-order valence-electron chi connectivity index (χ2n) is 6.05. The first-order chi connectivity index (χ1) is 11.1. The lowest BCUT2D eigenvalue weighted by Crippen LogP contribution is -2.57. The van der Waals surface area contributed by atoms with Crippen LogP contribution in [0, 0.1) is 0 Å². The van der Waals surface area contributed by atoms with Crippen molar-refractivity contribution in [3.8, 4) is 5.75 Å². The Bertz CT molecular complexity index is 559. The lowest BCUT2D eigenvalue weighted by Gasteiger charge is -2.44. The van der Waals surface area contributed by atoms with Gasteiger partial charge in [-0.15, -0.1) is 0 Å². The van der Waals surface area contributed by atoms with E-state index in [0.717, 1.165) is 25.9 Å². The van der Waals surface area contributed by atoms with Crippen LogP contribution in [0.5, 0.6) is 5.75 Å². The van der Waals surface area contributed by atoms with E-state index in [1.807, 2.05) is 12.1 Å². The number of likely N-dealkylation sites (tertiary alicyclic amines) is 1. The molecular formula is C17H22ClNO4. The van der Waals surface area contributed by atoms with Crippen LogP contribution >= 0.6 is 11.6 Å². The Balaban J connectivity index is 1.57. The standard InChI is InChI=1S/C17H22ClNO4/c1-21-15-11-19(9-8-17(15)7-4-10-23-17)16(20)12-22-14-6-3-2-5-13(14)18/h2-3,5-6,15H,4,7-12H2,1H3/t15-,17-/m0/s1. The summed E-state index contributed by atoms with van der Waals surface area (Å²) in [7, 11) is 1.68. The van der Waals surface area contributed by atoms with E-state index in [-0.39, 0.29) is 24.2 Å². The van der Waals surface area contributed by atoms with Gasteiger partial charge in [0.2, 0.25) is 0 Å². The Labute approximate surface area is 141 Å². The van der Waals surface area contributed by atoms with Crippen molar-refractivity contribution in [3.05, 3.63) is 29.3 Å². The molecule has 0 N–H and O–H groups in total. The van der Waals surface area contributed by atoms with Crippen molar-refractivity contribution in [1.29, 1.82) is 0 Å². The quantitative estimate of drug-likeness (QED) is 0.845. The molecule has 2 aliphatic rings. The number of methoxy groups -OCH3 is 1. The van der Waals surface area contributed by atoms with E-state index in [2.05, 4.69) is 0 Å². The summed E-state index contributed by atoms with van der Waals surface area (Å²) in [5, 5.41) is 0.507. The Morgan fingerprint density at radius 1 is 1.43 bits per heavy atom. The van der Waals surface area contributed by atoms with E-state index in [0.29, 0.717) is 23.9 Å². The summed E-state index contributed by atoms with van der Waals surface area (Å²) in [5.74, 6) is 0.471. The van der Waals surface area contributed by atoms with Crippen LogP contribution in [0.1, 0.15) is 19.3 Å². The largest absolute Gasteiger partial charge is 0.482 e. The smallest absolute Gasteiger partial charge is 0.260 e. The van der Waals surface area contributed by atoms with E-state index in [1.54, 1.807) is 24.1 Å². The Morgan fingerprint density at radius 2 is 2.26 bits per heavy atom. The highest BCUT2D eigenvalue weighted by Gasteiger charge is 2.47. The van der Waals surface area contributed by atoms with Crippen molar-refractivity contribution < 1.29 is 19.0 Å². The molecule has 0 unspecified atom stereocenters. The van der Waals surface area contributed by atoms with E-state index in [9.17, 15) is 4.79 Å². The molecule has 2 atom stereocenters. The molecule has 6 heteroatoms. The number of hydrogen-bond acceptors (Lipinski definition) is 4. The number of carbonyl (C=O) groups excluding carboxylic acids is 1. The molecule has 0 aromatic heterocycles. The molecule has 0 saturated carbocycles. The molecule has 2 fully saturated rings. The van der Waals surface area contributed by atoms with Crippen molar-refractivity contribution >= 4 is 17.5 Å². The number of benzene rings is 1. The van der Waals surface area contributed by atoms with E-state index in [4.69, 9.17) is 25.8 Å². The predicted molar refractivity (Wildman–Crippen MR) is 86.9 cm³/mol. The number of hydrogen-bond donors (Lipinski definition) is 0. The summed E-state index contributed by atoms with van der Waals surface area (Å²) in [6.45, 7) is 1.98. The number of rotatable bonds is 4. The molecular weight excluding hydrogens is 318 g/mol. The topological polar surface area (TPSA) is 48.0 Å². The minimum Gasteiger partial charge on any atom is -0.482 e. The lowest BCUT2D eigenvalue weighted by atomic mass is 9.86. The highest BCUT2D eigenvalue weighted by atomic mass is 35.5. The van der Waals surface area contributed by atoms with Gasteiger partial charge in [0, 0.05) is 26.8 Å². The second kappa shape index (κ2) is 7.07. The third-order valence-electron chi connectivity index (χ3n) is 4.74. The summed E-state index contributed by atoms with van der Waals surface area (Å²) in [5.41, 5.74) is -0.213. The van der Waals surface area contributed by atoms with Crippen LogP contribution in [0.25, 0.3) is 0 Å². The molecule has 2 saturated heterocycles. The van der Waals surface area contributed by atoms with Gasteiger partial charge in [-0.2, -0.15) is 0 Å². The van der Waals surface area contributed by atoms with Crippen LogP contribution in [-0.2, 0) is 14.3 Å². The molecule has 126 valence electrons. The van der Waals surface area contributed by atoms with Crippen molar-refractivity contribution in [2.75, 3.05) is 33.4 Å². The highest BCUT2D eigenvalue weighted by molar-refractivity contribution is 6.32. The average molecular weight is 340 g/mol. The van der Waals surface area contributed by atoms with Gasteiger partial charge in [-0.25, -0.2) is 0 Å². The van der Waals surface area contributed by atoms with Crippen LogP contribution in [0.4, 0.5) is 0 Å². The fourth-order valence-corrected chi connectivity index (χ4v) is 3.61. The monoisotopic (exact) mass is 339 g/mol. The predicted octanol–water partition coefficient (Wildman–Crippen LogP) is 2.52. The van der Waals surface area contributed by atoms with Crippen LogP contribution < -0.4 is 4.74 Å². The molecule has 0 aliphatic carbocycles. The van der Waals surface area contributed by atoms with Crippen molar-refractivity contribution in [3.63, 3.8) is 0 Å². The summed E-state index contributed by atoms with van der Waals surface area (Å²) in [6.07, 6.45) is 2.79. The van der Waals surface area contributed by atoms with E-state index < -0.39 is 0 Å². The van der Waals surface area contributed by atoms with Gasteiger partial charge in [0.05, 0.1) is 10.6 Å². The average Bonchev–Trinajstić information content (AvgIpc) is 3.03. The minimum absolute atomic E-state index is 0.0198. The summed E-state index contributed by atoms with van der Waals surface area (Å²) < 4.78 is 17.1. The molecule has 1 amide bonds. The van der Waals surface area contributed by atoms with Gasteiger partial charge in [-0.05, 0) is 31.4 Å². The van der Waals surface area contributed by atoms with Crippen molar-refractivity contribution in [2.45, 2.75) is 31.0 Å². The summed E-state index contributed by atoms with van der Waals surface area (Å²) in [4.78, 5) is 14.2. The SMILES string of the molecule is CO[C@H]1CN(C(=O)COc2ccccc2Cl)CC[C@@]12CCCO2. The van der Waals surface area contributed by atoms with Gasteiger partial charge < -0.3 is 19.1 Å². The molecule has 2 heterocycles. The van der Waals surface area contributed by atoms with Crippen molar-refractivity contribution in [2.24, 2.45) is 0 Å². The van der Waals surface area contributed by atoms with Crippen LogP contribution in [-0.4, -0.2) is 55.9 Å². The molecule has 23 heavy (non-hydrogen) atoms. The maximum atomic E-state index is 12.4. The van der Waals surface area contributed by atoms with Crippen LogP contribution in [0.15, 0.2) is 24.3 Å². The Morgan fingerprint density at radius 3 is 2.96 bits per heavy atom. The maximum Gasteiger partial charge on any atom is 0.260 e. The molecule has 2 aliphatic heterocycles. The van der Waals surface area contributed by atoms with Gasteiger partial charge in [0.1, 0.15) is 11.9 Å². The normalized spacial score (nSPS) is 27.4. The molecule has 1 aromatic carbocycles. The zero-order valence-corrected chi connectivity index (χ0v) is 14.1. The van der Waals surface area contributed by atoms with Gasteiger partial charge in [0.25, 0.3) is 5.91 Å². The highest BCUT2D eigenvalue weighted by Crippen LogP contribution is 2.37. The molecule has 0 bridgehead atoms. The number of piperidine rings is 1. The fourth-order valence-electron chi connectivity index (χ4n) is 3.42. The zero-order valence-electron chi connectivity index (χ0n) is 13.3. The molecule has 5 nitrogen and oxygen atoms in total.